The number of nitrogens with zero attached hydrogens (tertiary/aromatic N) is 3. The number of para-hydroxylation sites is 1. The van der Waals surface area contributed by atoms with Crippen molar-refractivity contribution in [3.63, 3.8) is 0 Å². The molecule has 4 nitrogen and oxygen atoms in total. The molecule has 0 aliphatic carbocycles. The van der Waals surface area contributed by atoms with Gasteiger partial charge < -0.3 is 4.90 Å². The molecule has 0 unspecified atom stereocenters. The number of anilines is 1. The number of amides is 1. The van der Waals surface area contributed by atoms with E-state index >= 15 is 0 Å². The monoisotopic (exact) mass is 421 g/mol. The van der Waals surface area contributed by atoms with Crippen LogP contribution in [0, 0.1) is 0 Å². The van der Waals surface area contributed by atoms with E-state index < -0.39 is 0 Å². The van der Waals surface area contributed by atoms with Gasteiger partial charge >= 0.3 is 0 Å². The van der Waals surface area contributed by atoms with Crippen molar-refractivity contribution in [3.8, 4) is 0 Å². The fourth-order valence-electron chi connectivity index (χ4n) is 2.44. The third-order valence-corrected chi connectivity index (χ3v) is 5.26. The summed E-state index contributed by atoms with van der Waals surface area (Å²) in [5.41, 5.74) is 1.73. The first-order valence-corrected chi connectivity index (χ1v) is 9.48. The van der Waals surface area contributed by atoms with Crippen molar-refractivity contribution in [2.75, 3.05) is 32.1 Å². The number of likely N-dealkylation sites (N-methyl/N-ethyl adjacent to an activating group) is 1. The summed E-state index contributed by atoms with van der Waals surface area (Å²) in [6.07, 6.45) is 3.31. The maximum atomic E-state index is 12.9. The number of rotatable bonds is 6. The molecule has 0 atom stereocenters. The van der Waals surface area contributed by atoms with Gasteiger partial charge in [-0.15, -0.1) is 12.4 Å². The lowest BCUT2D eigenvalue weighted by atomic mass is 10.2. The molecule has 0 fully saturated rings. The van der Waals surface area contributed by atoms with Crippen LogP contribution in [0.25, 0.3) is 16.3 Å². The fourth-order valence-corrected chi connectivity index (χ4v) is 3.63. The predicted octanol–water partition coefficient (Wildman–Crippen LogP) is 4.98. The van der Waals surface area contributed by atoms with Crippen LogP contribution in [0.5, 0.6) is 0 Å². The number of carbonyl (C=O) groups excluding carboxylic acids is 1. The molecule has 2 aromatic carbocycles. The Morgan fingerprint density at radius 2 is 1.81 bits per heavy atom. The second-order valence-corrected chi connectivity index (χ2v) is 7.53. The van der Waals surface area contributed by atoms with Gasteiger partial charge in [0.1, 0.15) is 0 Å². The van der Waals surface area contributed by atoms with Gasteiger partial charge in [-0.25, -0.2) is 4.98 Å². The highest BCUT2D eigenvalue weighted by molar-refractivity contribution is 7.22. The van der Waals surface area contributed by atoms with Crippen molar-refractivity contribution >= 4 is 62.7 Å². The standard InChI is InChI=1S/C20H20ClN3OS.ClH/c1-23(2)13-14-24(20-22-17-9-5-6-10-18(17)26-20)19(25)12-11-15-7-3-4-8-16(15)21;/h3-12H,13-14H2,1-2H3;1H. The van der Waals surface area contributed by atoms with E-state index in [2.05, 4.69) is 4.98 Å². The van der Waals surface area contributed by atoms with E-state index in [-0.39, 0.29) is 18.3 Å². The van der Waals surface area contributed by atoms with Crippen molar-refractivity contribution in [3.05, 3.63) is 65.2 Å². The maximum absolute atomic E-state index is 12.9. The summed E-state index contributed by atoms with van der Waals surface area (Å²) in [7, 11) is 3.97. The Bertz CT molecular complexity index is 907. The lowest BCUT2D eigenvalue weighted by Gasteiger charge is -2.20. The fraction of sp³-hybridized carbons (Fsp3) is 0.200. The molecular weight excluding hydrogens is 401 g/mol. The maximum Gasteiger partial charge on any atom is 0.252 e. The first-order chi connectivity index (χ1) is 12.5. The van der Waals surface area contributed by atoms with Gasteiger partial charge in [0.25, 0.3) is 5.91 Å². The van der Waals surface area contributed by atoms with E-state index in [4.69, 9.17) is 11.6 Å². The van der Waals surface area contributed by atoms with Crippen LogP contribution in [-0.2, 0) is 4.79 Å². The van der Waals surface area contributed by atoms with E-state index in [0.717, 1.165) is 22.3 Å². The molecule has 0 saturated carbocycles. The molecule has 3 aromatic rings. The van der Waals surface area contributed by atoms with Crippen molar-refractivity contribution in [2.45, 2.75) is 0 Å². The van der Waals surface area contributed by atoms with Gasteiger partial charge in [-0.1, -0.05) is 53.3 Å². The van der Waals surface area contributed by atoms with Crippen LogP contribution >= 0.6 is 35.3 Å². The third kappa shape index (κ3) is 5.53. The summed E-state index contributed by atoms with van der Waals surface area (Å²) < 4.78 is 1.07. The first kappa shape index (κ1) is 21.4. The van der Waals surface area contributed by atoms with Crippen LogP contribution in [-0.4, -0.2) is 43.0 Å². The quantitative estimate of drug-likeness (QED) is 0.526. The van der Waals surface area contributed by atoms with Crippen LogP contribution in [0.2, 0.25) is 5.02 Å². The molecule has 0 aliphatic rings. The minimum atomic E-state index is -0.106. The van der Waals surface area contributed by atoms with Gasteiger partial charge in [0, 0.05) is 24.2 Å². The topological polar surface area (TPSA) is 36.4 Å². The second-order valence-electron chi connectivity index (χ2n) is 6.11. The molecule has 0 N–H and O–H groups in total. The van der Waals surface area contributed by atoms with E-state index in [0.29, 0.717) is 16.7 Å². The van der Waals surface area contributed by atoms with Gasteiger partial charge in [-0.05, 0) is 43.9 Å². The van der Waals surface area contributed by atoms with E-state index in [1.165, 1.54) is 11.3 Å². The molecule has 0 saturated heterocycles. The van der Waals surface area contributed by atoms with Crippen LogP contribution in [0.1, 0.15) is 5.56 Å². The van der Waals surface area contributed by atoms with Gasteiger partial charge in [-0.3, -0.25) is 9.69 Å². The Balaban J connectivity index is 0.00000261. The Morgan fingerprint density at radius 1 is 1.11 bits per heavy atom. The molecule has 142 valence electrons. The molecule has 27 heavy (non-hydrogen) atoms. The summed E-state index contributed by atoms with van der Waals surface area (Å²) in [4.78, 5) is 21.3. The summed E-state index contributed by atoms with van der Waals surface area (Å²) in [6, 6.07) is 15.4. The zero-order valence-electron chi connectivity index (χ0n) is 15.1. The summed E-state index contributed by atoms with van der Waals surface area (Å²) in [6.45, 7) is 1.32. The van der Waals surface area contributed by atoms with Gasteiger partial charge in [0.15, 0.2) is 5.13 Å². The number of halogens is 2. The Hall–Kier alpha value is -1.92. The SMILES string of the molecule is CN(C)CCN(C(=O)C=Cc1ccccc1Cl)c1nc2ccccc2s1.Cl. The van der Waals surface area contributed by atoms with Crippen LogP contribution in [0.15, 0.2) is 54.6 Å². The minimum Gasteiger partial charge on any atom is -0.308 e. The van der Waals surface area contributed by atoms with Crippen LogP contribution in [0.4, 0.5) is 5.13 Å². The number of hydrogen-bond donors (Lipinski definition) is 0. The smallest absolute Gasteiger partial charge is 0.252 e. The zero-order valence-corrected chi connectivity index (χ0v) is 17.5. The molecule has 0 aliphatic heterocycles. The number of fused-ring (bicyclic) bond motifs is 1. The molecule has 1 amide bonds. The first-order valence-electron chi connectivity index (χ1n) is 8.29. The summed E-state index contributed by atoms with van der Waals surface area (Å²) in [5.74, 6) is -0.106. The van der Waals surface area contributed by atoms with E-state index in [9.17, 15) is 4.79 Å². The Morgan fingerprint density at radius 3 is 2.52 bits per heavy atom. The van der Waals surface area contributed by atoms with E-state index in [1.807, 2.05) is 67.5 Å². The largest absolute Gasteiger partial charge is 0.308 e. The van der Waals surface area contributed by atoms with Crippen molar-refractivity contribution < 1.29 is 4.79 Å². The number of benzene rings is 2. The summed E-state index contributed by atoms with van der Waals surface area (Å²) in [5, 5.41) is 1.33. The Kier molecular flexibility index (Phi) is 7.80. The van der Waals surface area contributed by atoms with E-state index in [1.54, 1.807) is 17.1 Å². The highest BCUT2D eigenvalue weighted by atomic mass is 35.5. The summed E-state index contributed by atoms with van der Waals surface area (Å²) >= 11 is 7.69. The Labute approximate surface area is 174 Å². The third-order valence-electron chi connectivity index (χ3n) is 3.86. The molecule has 0 spiro atoms. The van der Waals surface area contributed by atoms with Crippen molar-refractivity contribution in [2.24, 2.45) is 0 Å². The molecule has 1 heterocycles. The number of thiazole rings is 1. The molecular formula is C20H21Cl2N3OS. The van der Waals surface area contributed by atoms with Crippen molar-refractivity contribution in [1.82, 2.24) is 9.88 Å². The second kappa shape index (κ2) is 9.85. The van der Waals surface area contributed by atoms with Crippen LogP contribution < -0.4 is 4.90 Å². The van der Waals surface area contributed by atoms with Crippen LogP contribution in [0.3, 0.4) is 0 Å². The van der Waals surface area contributed by atoms with Crippen molar-refractivity contribution in [1.29, 1.82) is 0 Å². The lowest BCUT2D eigenvalue weighted by molar-refractivity contribution is -0.114. The predicted molar refractivity (Wildman–Crippen MR) is 118 cm³/mol. The number of hydrogen-bond acceptors (Lipinski definition) is 4. The lowest BCUT2D eigenvalue weighted by Crippen LogP contribution is -2.35. The molecule has 7 heteroatoms. The zero-order chi connectivity index (χ0) is 18.5. The molecule has 1 aromatic heterocycles. The van der Waals surface area contributed by atoms with Gasteiger partial charge in [-0.2, -0.15) is 0 Å². The molecule has 0 bridgehead atoms. The highest BCUT2D eigenvalue weighted by Crippen LogP contribution is 2.29. The molecule has 0 radical (unpaired) electrons. The number of carbonyl (C=O) groups is 1. The number of aromatic nitrogens is 1. The van der Waals surface area contributed by atoms with Gasteiger partial charge in [0.2, 0.25) is 0 Å². The normalized spacial score (nSPS) is 11.1. The minimum absolute atomic E-state index is 0. The molecule has 3 rings (SSSR count). The average Bonchev–Trinajstić information content (AvgIpc) is 3.04. The highest BCUT2D eigenvalue weighted by Gasteiger charge is 2.18. The average molecular weight is 422 g/mol. The van der Waals surface area contributed by atoms with Gasteiger partial charge in [0.05, 0.1) is 10.2 Å².